The van der Waals surface area contributed by atoms with Crippen LogP contribution in [0.3, 0.4) is 0 Å². The Bertz CT molecular complexity index is 1110. The molecule has 0 saturated heterocycles. The number of hydrogen-bond acceptors (Lipinski definition) is 3. The van der Waals surface area contributed by atoms with E-state index in [0.29, 0.717) is 11.7 Å². The van der Waals surface area contributed by atoms with E-state index < -0.39 is 0 Å². The van der Waals surface area contributed by atoms with Crippen molar-refractivity contribution in [1.82, 2.24) is 24.1 Å². The summed E-state index contributed by atoms with van der Waals surface area (Å²) < 4.78 is 17.6. The Morgan fingerprint density at radius 3 is 2.85 bits per heavy atom. The van der Waals surface area contributed by atoms with E-state index in [0.717, 1.165) is 46.8 Å². The van der Waals surface area contributed by atoms with Crippen LogP contribution in [0.1, 0.15) is 30.3 Å². The molecular weight excluding hydrogens is 365 g/mol. The van der Waals surface area contributed by atoms with Crippen molar-refractivity contribution in [3.63, 3.8) is 0 Å². The SMILES string of the molecule is CCCc1c(Cn2ccnc2-c2cc(F)ccc2C)nc2ccc(Cl)nn12. The summed E-state index contributed by atoms with van der Waals surface area (Å²) in [6.45, 7) is 4.60. The lowest BCUT2D eigenvalue weighted by Gasteiger charge is -2.10. The van der Waals surface area contributed by atoms with Crippen molar-refractivity contribution in [3.8, 4) is 11.4 Å². The van der Waals surface area contributed by atoms with Crippen LogP contribution in [0.4, 0.5) is 4.39 Å². The predicted octanol–water partition coefficient (Wildman–Crippen LogP) is 4.69. The maximum atomic E-state index is 13.8. The van der Waals surface area contributed by atoms with E-state index in [1.165, 1.54) is 12.1 Å². The van der Waals surface area contributed by atoms with E-state index in [1.54, 1.807) is 18.3 Å². The highest BCUT2D eigenvalue weighted by Crippen LogP contribution is 2.25. The van der Waals surface area contributed by atoms with Gasteiger partial charge in [-0.3, -0.25) is 0 Å². The standard InChI is InChI=1S/C20H19ClFN5/c1-3-4-17-16(24-19-8-7-18(21)25-27(17)19)12-26-10-9-23-20(26)15-11-14(22)6-5-13(15)2/h5-11H,3-4,12H2,1-2H3. The molecule has 0 unspecified atom stereocenters. The largest absolute Gasteiger partial charge is 0.325 e. The van der Waals surface area contributed by atoms with Gasteiger partial charge < -0.3 is 4.57 Å². The monoisotopic (exact) mass is 383 g/mol. The van der Waals surface area contributed by atoms with Gasteiger partial charge in [-0.1, -0.05) is 31.0 Å². The Hall–Kier alpha value is -2.73. The van der Waals surface area contributed by atoms with Crippen LogP contribution < -0.4 is 0 Å². The van der Waals surface area contributed by atoms with Gasteiger partial charge in [0.15, 0.2) is 5.65 Å². The molecule has 0 bridgehead atoms. The molecule has 4 rings (SSSR count). The number of halogens is 2. The molecule has 0 aliphatic carbocycles. The zero-order valence-electron chi connectivity index (χ0n) is 15.2. The smallest absolute Gasteiger partial charge is 0.154 e. The number of aryl methyl sites for hydroxylation is 2. The lowest BCUT2D eigenvalue weighted by molar-refractivity contribution is 0.627. The second-order valence-electron chi connectivity index (χ2n) is 6.52. The molecular formula is C20H19ClFN5. The summed E-state index contributed by atoms with van der Waals surface area (Å²) >= 11 is 6.07. The van der Waals surface area contributed by atoms with Gasteiger partial charge in [0.05, 0.1) is 17.9 Å². The third-order valence-electron chi connectivity index (χ3n) is 4.58. The number of hydrogen-bond donors (Lipinski definition) is 0. The summed E-state index contributed by atoms with van der Waals surface area (Å²) in [7, 11) is 0. The summed E-state index contributed by atoms with van der Waals surface area (Å²) in [4.78, 5) is 9.19. The Kier molecular flexibility index (Phi) is 4.66. The van der Waals surface area contributed by atoms with Crippen LogP contribution in [0.2, 0.25) is 5.15 Å². The molecule has 0 amide bonds. The minimum absolute atomic E-state index is 0.275. The molecule has 0 saturated carbocycles. The molecule has 0 fully saturated rings. The fraction of sp³-hybridized carbons (Fsp3) is 0.250. The van der Waals surface area contributed by atoms with E-state index in [4.69, 9.17) is 16.6 Å². The molecule has 138 valence electrons. The van der Waals surface area contributed by atoms with Crippen molar-refractivity contribution in [2.45, 2.75) is 33.2 Å². The lowest BCUT2D eigenvalue weighted by atomic mass is 10.1. The second kappa shape index (κ2) is 7.12. The number of rotatable bonds is 5. The molecule has 27 heavy (non-hydrogen) atoms. The Morgan fingerprint density at radius 2 is 2.04 bits per heavy atom. The first kappa shape index (κ1) is 17.7. The van der Waals surface area contributed by atoms with Gasteiger partial charge in [0.1, 0.15) is 16.8 Å². The number of imidazole rings is 2. The fourth-order valence-corrected chi connectivity index (χ4v) is 3.43. The highest BCUT2D eigenvalue weighted by Gasteiger charge is 2.16. The number of fused-ring (bicyclic) bond motifs is 1. The first-order chi connectivity index (χ1) is 13.1. The van der Waals surface area contributed by atoms with E-state index >= 15 is 0 Å². The van der Waals surface area contributed by atoms with E-state index in [9.17, 15) is 4.39 Å². The molecule has 0 aliphatic rings. The van der Waals surface area contributed by atoms with Crippen LogP contribution in [0.15, 0.2) is 42.7 Å². The molecule has 3 aromatic heterocycles. The van der Waals surface area contributed by atoms with Crippen LogP contribution in [0, 0.1) is 12.7 Å². The quantitative estimate of drug-likeness (QED) is 0.502. The lowest BCUT2D eigenvalue weighted by Crippen LogP contribution is -2.06. The summed E-state index contributed by atoms with van der Waals surface area (Å²) in [6, 6.07) is 8.35. The van der Waals surface area contributed by atoms with Gasteiger partial charge in [-0.2, -0.15) is 5.10 Å². The number of benzene rings is 1. The first-order valence-electron chi connectivity index (χ1n) is 8.87. The highest BCUT2D eigenvalue weighted by atomic mass is 35.5. The molecule has 0 radical (unpaired) electrons. The third-order valence-corrected chi connectivity index (χ3v) is 4.79. The van der Waals surface area contributed by atoms with Crippen molar-refractivity contribution >= 4 is 17.2 Å². The second-order valence-corrected chi connectivity index (χ2v) is 6.91. The average molecular weight is 384 g/mol. The van der Waals surface area contributed by atoms with Crippen molar-refractivity contribution in [1.29, 1.82) is 0 Å². The van der Waals surface area contributed by atoms with Crippen LogP contribution in [0.25, 0.3) is 17.0 Å². The maximum absolute atomic E-state index is 13.8. The maximum Gasteiger partial charge on any atom is 0.154 e. The van der Waals surface area contributed by atoms with Crippen LogP contribution >= 0.6 is 11.6 Å². The molecule has 0 spiro atoms. The Balaban J connectivity index is 1.79. The van der Waals surface area contributed by atoms with Crippen LogP contribution in [-0.2, 0) is 13.0 Å². The summed E-state index contributed by atoms with van der Waals surface area (Å²) in [5, 5.41) is 4.83. The summed E-state index contributed by atoms with van der Waals surface area (Å²) in [5.74, 6) is 0.445. The molecule has 1 aromatic carbocycles. The van der Waals surface area contributed by atoms with E-state index in [1.807, 2.05) is 28.3 Å². The fourth-order valence-electron chi connectivity index (χ4n) is 3.29. The van der Waals surface area contributed by atoms with Gasteiger partial charge in [0.25, 0.3) is 0 Å². The number of aromatic nitrogens is 5. The van der Waals surface area contributed by atoms with Crippen LogP contribution in [-0.4, -0.2) is 24.1 Å². The molecule has 3 heterocycles. The summed E-state index contributed by atoms with van der Waals surface area (Å²) in [5.41, 5.74) is 4.47. The molecule has 7 heteroatoms. The first-order valence-corrected chi connectivity index (χ1v) is 9.25. The van der Waals surface area contributed by atoms with Gasteiger partial charge >= 0.3 is 0 Å². The van der Waals surface area contributed by atoms with Gasteiger partial charge in [0, 0.05) is 18.0 Å². The van der Waals surface area contributed by atoms with E-state index in [2.05, 4.69) is 17.0 Å². The molecule has 0 N–H and O–H groups in total. The van der Waals surface area contributed by atoms with Crippen molar-refractivity contribution in [2.75, 3.05) is 0 Å². The summed E-state index contributed by atoms with van der Waals surface area (Å²) in [6.07, 6.45) is 5.42. The zero-order chi connectivity index (χ0) is 19.0. The normalized spacial score (nSPS) is 11.4. The van der Waals surface area contributed by atoms with Gasteiger partial charge in [-0.15, -0.1) is 0 Å². The minimum Gasteiger partial charge on any atom is -0.325 e. The van der Waals surface area contributed by atoms with Crippen molar-refractivity contribution in [2.24, 2.45) is 0 Å². The number of nitrogens with zero attached hydrogens (tertiary/aromatic N) is 5. The molecule has 5 nitrogen and oxygen atoms in total. The van der Waals surface area contributed by atoms with Gasteiger partial charge in [-0.25, -0.2) is 18.9 Å². The molecule has 0 atom stereocenters. The van der Waals surface area contributed by atoms with Gasteiger partial charge in [-0.05, 0) is 43.2 Å². The topological polar surface area (TPSA) is 48.0 Å². The van der Waals surface area contributed by atoms with Crippen LogP contribution in [0.5, 0.6) is 0 Å². The van der Waals surface area contributed by atoms with Gasteiger partial charge in [0.2, 0.25) is 0 Å². The minimum atomic E-state index is -0.275. The highest BCUT2D eigenvalue weighted by molar-refractivity contribution is 6.29. The Labute approximate surface area is 161 Å². The Morgan fingerprint density at radius 1 is 1.19 bits per heavy atom. The molecule has 4 aromatic rings. The van der Waals surface area contributed by atoms with E-state index in [-0.39, 0.29) is 5.82 Å². The van der Waals surface area contributed by atoms with Crippen molar-refractivity contribution < 1.29 is 4.39 Å². The predicted molar refractivity (Wildman–Crippen MR) is 103 cm³/mol. The zero-order valence-corrected chi connectivity index (χ0v) is 15.9. The van der Waals surface area contributed by atoms with Crippen molar-refractivity contribution in [3.05, 3.63) is 70.6 Å². The third kappa shape index (κ3) is 3.32. The molecule has 0 aliphatic heterocycles. The average Bonchev–Trinajstić information content (AvgIpc) is 3.23.